The Morgan fingerprint density at radius 1 is 1.42 bits per heavy atom. The van der Waals surface area contributed by atoms with Crippen molar-refractivity contribution in [3.8, 4) is 0 Å². The van der Waals surface area contributed by atoms with Gasteiger partial charge in [-0.25, -0.2) is 4.79 Å². The lowest BCUT2D eigenvalue weighted by atomic mass is 9.76. The zero-order chi connectivity index (χ0) is 14.3. The second-order valence-electron chi connectivity index (χ2n) is 6.04. The first-order valence-corrected chi connectivity index (χ1v) is 6.36. The van der Waals surface area contributed by atoms with E-state index < -0.39 is 11.5 Å². The Kier molecular flexibility index (Phi) is 3.12. The molecule has 0 radical (unpaired) electrons. The lowest BCUT2D eigenvalue weighted by molar-refractivity contribution is -0.148. The summed E-state index contributed by atoms with van der Waals surface area (Å²) >= 11 is 0. The van der Waals surface area contributed by atoms with Crippen molar-refractivity contribution < 1.29 is 14.7 Å². The number of aromatic nitrogens is 2. The summed E-state index contributed by atoms with van der Waals surface area (Å²) in [5.74, 6) is -1.34. The number of hydrogen-bond acceptors (Lipinski definition) is 3. The van der Waals surface area contributed by atoms with Gasteiger partial charge in [-0.15, -0.1) is 0 Å². The SMILES string of the molecule is CC(C)(C)n1cc(C(=O)NC2(C(=O)O)CCC2)cn1. The van der Waals surface area contributed by atoms with Gasteiger partial charge in [-0.1, -0.05) is 0 Å². The van der Waals surface area contributed by atoms with Gasteiger partial charge in [0.2, 0.25) is 0 Å². The Labute approximate surface area is 111 Å². The van der Waals surface area contributed by atoms with Gasteiger partial charge in [-0.3, -0.25) is 9.48 Å². The lowest BCUT2D eigenvalue weighted by Gasteiger charge is -2.38. The predicted octanol–water partition coefficient (Wildman–Crippen LogP) is 1.38. The van der Waals surface area contributed by atoms with E-state index in [9.17, 15) is 14.7 Å². The number of carboxylic acid groups (broad SMARTS) is 1. The standard InChI is InChI=1S/C13H19N3O3/c1-12(2,3)16-8-9(7-14-16)10(17)15-13(11(18)19)5-4-6-13/h7-8H,4-6H2,1-3H3,(H,15,17)(H,18,19). The quantitative estimate of drug-likeness (QED) is 0.864. The molecule has 1 heterocycles. The fourth-order valence-electron chi connectivity index (χ4n) is 2.02. The van der Waals surface area contributed by atoms with Gasteiger partial charge >= 0.3 is 5.97 Å². The molecule has 1 amide bonds. The first kappa shape index (κ1) is 13.6. The highest BCUT2D eigenvalue weighted by atomic mass is 16.4. The number of rotatable bonds is 3. The van der Waals surface area contributed by atoms with Gasteiger partial charge in [-0.05, 0) is 40.0 Å². The minimum atomic E-state index is -1.08. The lowest BCUT2D eigenvalue weighted by Crippen LogP contribution is -2.59. The fraction of sp³-hybridized carbons (Fsp3) is 0.615. The molecule has 1 fully saturated rings. The van der Waals surface area contributed by atoms with Crippen LogP contribution in [-0.2, 0) is 10.3 Å². The third-order valence-corrected chi connectivity index (χ3v) is 3.50. The maximum atomic E-state index is 12.1. The molecule has 19 heavy (non-hydrogen) atoms. The molecule has 0 aliphatic heterocycles. The molecule has 2 N–H and O–H groups in total. The Morgan fingerprint density at radius 3 is 2.42 bits per heavy atom. The van der Waals surface area contributed by atoms with Crippen molar-refractivity contribution in [2.24, 2.45) is 0 Å². The van der Waals surface area contributed by atoms with Crippen LogP contribution in [0.2, 0.25) is 0 Å². The van der Waals surface area contributed by atoms with Crippen molar-refractivity contribution in [2.45, 2.75) is 51.1 Å². The monoisotopic (exact) mass is 265 g/mol. The first-order chi connectivity index (χ1) is 8.74. The number of carboxylic acids is 1. The molecule has 2 rings (SSSR count). The number of nitrogens with zero attached hydrogens (tertiary/aromatic N) is 2. The molecule has 0 unspecified atom stereocenters. The van der Waals surface area contributed by atoms with Crippen LogP contribution in [-0.4, -0.2) is 32.3 Å². The van der Waals surface area contributed by atoms with E-state index in [1.165, 1.54) is 6.20 Å². The summed E-state index contributed by atoms with van der Waals surface area (Å²) in [6.07, 6.45) is 4.91. The van der Waals surface area contributed by atoms with Crippen molar-refractivity contribution in [3.05, 3.63) is 18.0 Å². The molecular weight excluding hydrogens is 246 g/mol. The highest BCUT2D eigenvalue weighted by Gasteiger charge is 2.45. The molecule has 6 nitrogen and oxygen atoms in total. The van der Waals surface area contributed by atoms with Crippen LogP contribution in [0.3, 0.4) is 0 Å². The fourth-order valence-corrected chi connectivity index (χ4v) is 2.02. The molecule has 1 aliphatic rings. The average Bonchev–Trinajstić information content (AvgIpc) is 2.70. The highest BCUT2D eigenvalue weighted by Crippen LogP contribution is 2.32. The summed E-state index contributed by atoms with van der Waals surface area (Å²) in [5.41, 5.74) is -0.900. The van der Waals surface area contributed by atoms with E-state index in [2.05, 4.69) is 10.4 Å². The molecule has 0 spiro atoms. The molecule has 1 saturated carbocycles. The maximum absolute atomic E-state index is 12.1. The number of amides is 1. The minimum absolute atomic E-state index is 0.209. The molecule has 1 aromatic heterocycles. The maximum Gasteiger partial charge on any atom is 0.329 e. The third-order valence-electron chi connectivity index (χ3n) is 3.50. The summed E-state index contributed by atoms with van der Waals surface area (Å²) in [5, 5.41) is 15.9. The van der Waals surface area contributed by atoms with Gasteiger partial charge < -0.3 is 10.4 Å². The summed E-state index contributed by atoms with van der Waals surface area (Å²) in [7, 11) is 0. The van der Waals surface area contributed by atoms with Crippen LogP contribution in [0.1, 0.15) is 50.4 Å². The molecule has 6 heteroatoms. The van der Waals surface area contributed by atoms with Crippen molar-refractivity contribution in [1.82, 2.24) is 15.1 Å². The van der Waals surface area contributed by atoms with Crippen LogP contribution in [0.25, 0.3) is 0 Å². The highest BCUT2D eigenvalue weighted by molar-refractivity contribution is 5.97. The van der Waals surface area contributed by atoms with Crippen LogP contribution in [0.15, 0.2) is 12.4 Å². The van der Waals surface area contributed by atoms with Crippen LogP contribution in [0.5, 0.6) is 0 Å². The zero-order valence-electron chi connectivity index (χ0n) is 11.4. The van der Waals surface area contributed by atoms with Crippen LogP contribution >= 0.6 is 0 Å². The number of carbonyl (C=O) groups excluding carboxylic acids is 1. The summed E-state index contributed by atoms with van der Waals surface area (Å²) in [4.78, 5) is 23.3. The first-order valence-electron chi connectivity index (χ1n) is 6.36. The van der Waals surface area contributed by atoms with Crippen molar-refractivity contribution in [2.75, 3.05) is 0 Å². The van der Waals surface area contributed by atoms with Crippen molar-refractivity contribution >= 4 is 11.9 Å². The summed E-state index contributed by atoms with van der Waals surface area (Å²) in [6, 6.07) is 0. The van der Waals surface area contributed by atoms with E-state index in [1.807, 2.05) is 20.8 Å². The van der Waals surface area contributed by atoms with E-state index in [4.69, 9.17) is 0 Å². The molecule has 0 saturated heterocycles. The second-order valence-corrected chi connectivity index (χ2v) is 6.04. The normalized spacial score (nSPS) is 17.6. The predicted molar refractivity (Wildman–Crippen MR) is 68.9 cm³/mol. The molecule has 0 bridgehead atoms. The molecule has 1 aliphatic carbocycles. The van der Waals surface area contributed by atoms with Crippen LogP contribution in [0.4, 0.5) is 0 Å². The van der Waals surface area contributed by atoms with Gasteiger partial charge in [0.1, 0.15) is 5.54 Å². The van der Waals surface area contributed by atoms with E-state index >= 15 is 0 Å². The number of hydrogen-bond donors (Lipinski definition) is 2. The molecule has 104 valence electrons. The Morgan fingerprint density at radius 2 is 2.05 bits per heavy atom. The molecular formula is C13H19N3O3. The van der Waals surface area contributed by atoms with E-state index in [0.29, 0.717) is 18.4 Å². The van der Waals surface area contributed by atoms with E-state index in [1.54, 1.807) is 10.9 Å². The van der Waals surface area contributed by atoms with Gasteiger partial charge in [0.05, 0.1) is 17.3 Å². The van der Waals surface area contributed by atoms with Crippen molar-refractivity contribution in [1.29, 1.82) is 0 Å². The number of nitrogens with one attached hydrogen (secondary N) is 1. The van der Waals surface area contributed by atoms with E-state index in [0.717, 1.165) is 6.42 Å². The number of carbonyl (C=O) groups is 2. The second kappa shape index (κ2) is 4.36. The zero-order valence-corrected chi connectivity index (χ0v) is 11.4. The van der Waals surface area contributed by atoms with Crippen molar-refractivity contribution in [3.63, 3.8) is 0 Å². The van der Waals surface area contributed by atoms with E-state index in [-0.39, 0.29) is 11.4 Å². The largest absolute Gasteiger partial charge is 0.480 e. The Hall–Kier alpha value is -1.85. The smallest absolute Gasteiger partial charge is 0.329 e. The molecule has 0 aromatic carbocycles. The third kappa shape index (κ3) is 2.47. The van der Waals surface area contributed by atoms with Crippen LogP contribution in [0, 0.1) is 0 Å². The Balaban J connectivity index is 2.12. The van der Waals surface area contributed by atoms with Gasteiger partial charge in [0.25, 0.3) is 5.91 Å². The van der Waals surface area contributed by atoms with Gasteiger partial charge in [-0.2, -0.15) is 5.10 Å². The topological polar surface area (TPSA) is 84.2 Å². The molecule has 1 aromatic rings. The van der Waals surface area contributed by atoms with Crippen LogP contribution < -0.4 is 5.32 Å². The molecule has 0 atom stereocenters. The number of aliphatic carboxylic acids is 1. The minimum Gasteiger partial charge on any atom is -0.480 e. The average molecular weight is 265 g/mol. The van der Waals surface area contributed by atoms with Gasteiger partial charge in [0, 0.05) is 6.20 Å². The summed E-state index contributed by atoms with van der Waals surface area (Å²) in [6.45, 7) is 5.94. The van der Waals surface area contributed by atoms with Gasteiger partial charge in [0.15, 0.2) is 0 Å². The summed E-state index contributed by atoms with van der Waals surface area (Å²) < 4.78 is 1.69. The Bertz CT molecular complexity index is 509.